The monoisotopic (exact) mass is 256 g/mol. The van der Waals surface area contributed by atoms with Gasteiger partial charge < -0.3 is 5.73 Å². The number of thiazole rings is 1. The summed E-state index contributed by atoms with van der Waals surface area (Å²) in [5.74, 6) is -0.396. The molecule has 0 atom stereocenters. The molecule has 5 heteroatoms. The molecule has 84 valence electrons. The first-order chi connectivity index (χ1) is 7.61. The number of hydrogen-bond donors (Lipinski definition) is 1. The zero-order valence-electron chi connectivity index (χ0n) is 8.63. The molecule has 0 saturated heterocycles. The maximum absolute atomic E-state index is 13.7. The van der Waals surface area contributed by atoms with Crippen LogP contribution in [0.25, 0.3) is 11.3 Å². The molecule has 0 unspecified atom stereocenters. The summed E-state index contributed by atoms with van der Waals surface area (Å²) in [6, 6.07) is 4.49. The number of anilines is 1. The van der Waals surface area contributed by atoms with Crippen LogP contribution in [0.2, 0.25) is 5.02 Å². The van der Waals surface area contributed by atoms with E-state index >= 15 is 0 Å². The number of hydrogen-bond acceptors (Lipinski definition) is 3. The van der Waals surface area contributed by atoms with Gasteiger partial charge in [0.25, 0.3) is 0 Å². The topological polar surface area (TPSA) is 38.9 Å². The van der Waals surface area contributed by atoms with Crippen LogP contribution in [-0.4, -0.2) is 4.98 Å². The zero-order chi connectivity index (χ0) is 11.7. The number of nitrogen functional groups attached to an aromatic ring is 1. The first-order valence-corrected chi connectivity index (χ1v) is 6.02. The quantitative estimate of drug-likeness (QED) is 0.889. The number of nitrogens with zero attached hydrogens (tertiary/aromatic N) is 1. The molecule has 2 rings (SSSR count). The molecule has 0 aliphatic carbocycles. The largest absolute Gasteiger partial charge is 0.389 e. The van der Waals surface area contributed by atoms with Gasteiger partial charge in [-0.05, 0) is 24.6 Å². The summed E-state index contributed by atoms with van der Waals surface area (Å²) in [6.45, 7) is 1.99. The minimum atomic E-state index is -0.396. The summed E-state index contributed by atoms with van der Waals surface area (Å²) < 4.78 is 13.7. The third kappa shape index (κ3) is 2.03. The van der Waals surface area contributed by atoms with Gasteiger partial charge >= 0.3 is 0 Å². The lowest BCUT2D eigenvalue weighted by Gasteiger charge is -2.01. The Bertz CT molecular complexity index is 525. The van der Waals surface area contributed by atoms with Gasteiger partial charge in [-0.3, -0.25) is 0 Å². The molecule has 0 aliphatic rings. The van der Waals surface area contributed by atoms with E-state index in [2.05, 4.69) is 4.98 Å². The summed E-state index contributed by atoms with van der Waals surface area (Å²) in [5.41, 5.74) is 6.72. The smallest absolute Gasteiger partial charge is 0.134 e. The third-order valence-corrected chi connectivity index (χ3v) is 3.45. The van der Waals surface area contributed by atoms with Gasteiger partial charge in [-0.1, -0.05) is 18.5 Å². The summed E-state index contributed by atoms with van der Waals surface area (Å²) in [5, 5.41) is 1.81. The Morgan fingerprint density at radius 2 is 2.25 bits per heavy atom. The van der Waals surface area contributed by atoms with Crippen molar-refractivity contribution in [3.8, 4) is 11.3 Å². The fourth-order valence-electron chi connectivity index (χ4n) is 1.40. The van der Waals surface area contributed by atoms with Crippen LogP contribution in [0, 0.1) is 5.82 Å². The Morgan fingerprint density at radius 3 is 2.81 bits per heavy atom. The standard InChI is InChI=1S/C11H10ClFN2S/c1-2-9-15-10(11(14)16-9)7-4-3-6(12)5-8(7)13/h3-5H,2,14H2,1H3. The van der Waals surface area contributed by atoms with E-state index in [1.54, 1.807) is 12.1 Å². The Labute approximate surface area is 102 Å². The average Bonchev–Trinajstić information content (AvgIpc) is 2.60. The van der Waals surface area contributed by atoms with Gasteiger partial charge in [0.05, 0.1) is 5.01 Å². The predicted molar refractivity (Wildman–Crippen MR) is 66.3 cm³/mol. The van der Waals surface area contributed by atoms with Crippen molar-refractivity contribution in [3.63, 3.8) is 0 Å². The van der Waals surface area contributed by atoms with Crippen LogP contribution < -0.4 is 5.73 Å². The first kappa shape index (κ1) is 11.4. The van der Waals surface area contributed by atoms with E-state index in [-0.39, 0.29) is 0 Å². The van der Waals surface area contributed by atoms with Gasteiger partial charge in [-0.15, -0.1) is 11.3 Å². The molecule has 2 aromatic rings. The van der Waals surface area contributed by atoms with Crippen molar-refractivity contribution < 1.29 is 4.39 Å². The minimum absolute atomic E-state index is 0.366. The predicted octanol–water partition coefficient (Wildman–Crippen LogP) is 3.75. The van der Waals surface area contributed by atoms with Gasteiger partial charge in [0, 0.05) is 10.6 Å². The second kappa shape index (κ2) is 4.39. The highest BCUT2D eigenvalue weighted by molar-refractivity contribution is 7.16. The molecular formula is C11H10ClFN2S. The molecule has 1 aromatic heterocycles. The van der Waals surface area contributed by atoms with Gasteiger partial charge in [0.1, 0.15) is 16.5 Å². The molecule has 0 aliphatic heterocycles. The van der Waals surface area contributed by atoms with E-state index in [1.165, 1.54) is 17.4 Å². The molecule has 1 heterocycles. The summed E-state index contributed by atoms with van der Waals surface area (Å²) in [6.07, 6.45) is 0.796. The lowest BCUT2D eigenvalue weighted by atomic mass is 10.1. The molecule has 0 fully saturated rings. The van der Waals surface area contributed by atoms with Crippen LogP contribution in [0.1, 0.15) is 11.9 Å². The Kier molecular flexibility index (Phi) is 3.12. The molecule has 1 aromatic carbocycles. The second-order valence-electron chi connectivity index (χ2n) is 3.30. The molecule has 0 bridgehead atoms. The fourth-order valence-corrected chi connectivity index (χ4v) is 2.35. The fraction of sp³-hybridized carbons (Fsp3) is 0.182. The van der Waals surface area contributed by atoms with Crippen LogP contribution in [0.3, 0.4) is 0 Å². The van der Waals surface area contributed by atoms with E-state index in [1.807, 2.05) is 6.92 Å². The zero-order valence-corrected chi connectivity index (χ0v) is 10.2. The van der Waals surface area contributed by atoms with E-state index in [0.717, 1.165) is 11.4 Å². The highest BCUT2D eigenvalue weighted by atomic mass is 35.5. The highest BCUT2D eigenvalue weighted by Crippen LogP contribution is 2.33. The average molecular weight is 257 g/mol. The lowest BCUT2D eigenvalue weighted by molar-refractivity contribution is 0.631. The molecule has 16 heavy (non-hydrogen) atoms. The maximum Gasteiger partial charge on any atom is 0.134 e. The molecule has 0 spiro atoms. The summed E-state index contributed by atoms with van der Waals surface area (Å²) in [7, 11) is 0. The van der Waals surface area contributed by atoms with Crippen LogP contribution in [-0.2, 0) is 6.42 Å². The molecular weight excluding hydrogens is 247 g/mol. The summed E-state index contributed by atoms with van der Waals surface area (Å²) in [4.78, 5) is 4.30. The number of aromatic nitrogens is 1. The number of nitrogens with two attached hydrogens (primary N) is 1. The first-order valence-electron chi connectivity index (χ1n) is 4.82. The van der Waals surface area contributed by atoms with Crippen LogP contribution >= 0.6 is 22.9 Å². The van der Waals surface area contributed by atoms with Crippen LogP contribution in [0.4, 0.5) is 9.39 Å². The maximum atomic E-state index is 13.7. The number of aryl methyl sites for hydroxylation is 1. The second-order valence-corrected chi connectivity index (χ2v) is 4.85. The third-order valence-electron chi connectivity index (χ3n) is 2.19. The number of rotatable bonds is 2. The van der Waals surface area contributed by atoms with Crippen molar-refractivity contribution in [1.82, 2.24) is 4.98 Å². The van der Waals surface area contributed by atoms with E-state index < -0.39 is 5.82 Å². The van der Waals surface area contributed by atoms with Crippen molar-refractivity contribution in [1.29, 1.82) is 0 Å². The van der Waals surface area contributed by atoms with Gasteiger partial charge in [-0.2, -0.15) is 0 Å². The van der Waals surface area contributed by atoms with E-state index in [0.29, 0.717) is 21.3 Å². The summed E-state index contributed by atoms with van der Waals surface area (Å²) >= 11 is 7.08. The van der Waals surface area contributed by atoms with E-state index in [9.17, 15) is 4.39 Å². The molecule has 2 N–H and O–H groups in total. The van der Waals surface area contributed by atoms with Crippen molar-refractivity contribution in [2.75, 3.05) is 5.73 Å². The van der Waals surface area contributed by atoms with Crippen LogP contribution in [0.15, 0.2) is 18.2 Å². The molecule has 0 saturated carbocycles. The van der Waals surface area contributed by atoms with Crippen LogP contribution in [0.5, 0.6) is 0 Å². The van der Waals surface area contributed by atoms with Gasteiger partial charge in [0.2, 0.25) is 0 Å². The Morgan fingerprint density at radius 1 is 1.50 bits per heavy atom. The van der Waals surface area contributed by atoms with Crippen molar-refractivity contribution in [2.45, 2.75) is 13.3 Å². The lowest BCUT2D eigenvalue weighted by Crippen LogP contribution is -1.89. The molecule has 0 amide bonds. The van der Waals surface area contributed by atoms with Gasteiger partial charge in [-0.25, -0.2) is 9.37 Å². The molecule has 2 nitrogen and oxygen atoms in total. The van der Waals surface area contributed by atoms with Gasteiger partial charge in [0.15, 0.2) is 0 Å². The van der Waals surface area contributed by atoms with Crippen molar-refractivity contribution in [3.05, 3.63) is 34.0 Å². The normalized spacial score (nSPS) is 10.7. The van der Waals surface area contributed by atoms with Crippen molar-refractivity contribution >= 4 is 27.9 Å². The number of halogens is 2. The van der Waals surface area contributed by atoms with E-state index in [4.69, 9.17) is 17.3 Å². The molecule has 0 radical (unpaired) electrons. The highest BCUT2D eigenvalue weighted by Gasteiger charge is 2.13. The Hall–Kier alpha value is -1.13. The number of benzene rings is 1. The Balaban J connectivity index is 2.53. The SMILES string of the molecule is CCc1nc(-c2ccc(Cl)cc2F)c(N)s1. The van der Waals surface area contributed by atoms with Crippen molar-refractivity contribution in [2.24, 2.45) is 0 Å². The minimum Gasteiger partial charge on any atom is -0.389 e.